The molecule has 0 bridgehead atoms. The minimum absolute atomic E-state index is 0.0488. The molecule has 5 nitrogen and oxygen atoms in total. The number of fused-ring (bicyclic) bond motifs is 1. The first-order valence-corrected chi connectivity index (χ1v) is 11.2. The van der Waals surface area contributed by atoms with Crippen LogP contribution in [0.25, 0.3) is 16.8 Å². The molecule has 0 spiro atoms. The van der Waals surface area contributed by atoms with E-state index in [1.54, 1.807) is 4.90 Å². The second-order valence-electron chi connectivity index (χ2n) is 7.68. The van der Waals surface area contributed by atoms with E-state index in [9.17, 15) is 4.79 Å². The Hall–Kier alpha value is -2.60. The maximum Gasteiger partial charge on any atom is 0.276 e. The summed E-state index contributed by atoms with van der Waals surface area (Å²) in [5.74, 6) is 1.48. The van der Waals surface area contributed by atoms with Crippen molar-refractivity contribution in [1.29, 1.82) is 0 Å². The monoisotopic (exact) mass is 424 g/mol. The molecule has 1 heterocycles. The first kappa shape index (κ1) is 20.7. The topological polar surface area (TPSA) is 50.8 Å². The van der Waals surface area contributed by atoms with Crippen LogP contribution in [0.2, 0.25) is 0 Å². The molecule has 1 saturated carbocycles. The summed E-state index contributed by atoms with van der Waals surface area (Å²) in [4.78, 5) is 15.0. The lowest BCUT2D eigenvalue weighted by Gasteiger charge is -2.29. The molecule has 1 amide bonds. The van der Waals surface area contributed by atoms with Crippen LogP contribution in [0.15, 0.2) is 36.0 Å². The Kier molecular flexibility index (Phi) is 6.23. The molecular formula is C24H28N2O3S. The van der Waals surface area contributed by atoms with Gasteiger partial charge in [0.25, 0.3) is 5.91 Å². The van der Waals surface area contributed by atoms with Crippen LogP contribution in [0, 0.1) is 0 Å². The van der Waals surface area contributed by atoms with E-state index in [0.717, 1.165) is 53.5 Å². The smallest absolute Gasteiger partial charge is 0.276 e. The Balaban J connectivity index is 1.76. The molecule has 6 heteroatoms. The van der Waals surface area contributed by atoms with E-state index in [-0.39, 0.29) is 11.9 Å². The molecule has 2 aromatic rings. The van der Waals surface area contributed by atoms with E-state index in [4.69, 9.17) is 21.7 Å². The number of ether oxygens (including phenoxy) is 2. The summed E-state index contributed by atoms with van der Waals surface area (Å²) in [6.45, 7) is 5.06. The number of nitrogens with zero attached hydrogens (tertiary/aromatic N) is 1. The van der Waals surface area contributed by atoms with Gasteiger partial charge in [-0.3, -0.25) is 9.69 Å². The fourth-order valence-electron chi connectivity index (χ4n) is 4.35. The maximum atomic E-state index is 13.2. The zero-order chi connectivity index (χ0) is 21.1. The van der Waals surface area contributed by atoms with Crippen LogP contribution in [0.1, 0.15) is 51.5 Å². The minimum Gasteiger partial charge on any atom is -0.494 e. The number of nitrogens with one attached hydrogen (secondary N) is 1. The zero-order valence-corrected chi connectivity index (χ0v) is 18.4. The molecule has 2 aliphatic rings. The van der Waals surface area contributed by atoms with Gasteiger partial charge in [0.05, 0.1) is 13.2 Å². The number of carbonyl (C=O) groups is 1. The van der Waals surface area contributed by atoms with E-state index in [0.29, 0.717) is 24.0 Å². The van der Waals surface area contributed by atoms with Crippen molar-refractivity contribution in [3.63, 3.8) is 0 Å². The Bertz CT molecular complexity index is 990. The molecule has 158 valence electrons. The molecule has 1 aliphatic carbocycles. The average Bonchev–Trinajstić information content (AvgIpc) is 3.03. The van der Waals surface area contributed by atoms with Gasteiger partial charge in [-0.05, 0) is 74.0 Å². The van der Waals surface area contributed by atoms with Gasteiger partial charge in [0.2, 0.25) is 0 Å². The highest BCUT2D eigenvalue weighted by Crippen LogP contribution is 2.34. The number of benzene rings is 2. The Morgan fingerprint density at radius 3 is 2.57 bits per heavy atom. The van der Waals surface area contributed by atoms with Gasteiger partial charge in [-0.25, -0.2) is 0 Å². The van der Waals surface area contributed by atoms with Gasteiger partial charge in [0.1, 0.15) is 17.2 Å². The van der Waals surface area contributed by atoms with E-state index < -0.39 is 0 Å². The lowest BCUT2D eigenvalue weighted by molar-refractivity contribution is -0.124. The van der Waals surface area contributed by atoms with Gasteiger partial charge in [-0.15, -0.1) is 0 Å². The van der Waals surface area contributed by atoms with Crippen LogP contribution in [0.5, 0.6) is 11.5 Å². The van der Waals surface area contributed by atoms with Crippen molar-refractivity contribution in [1.82, 2.24) is 10.2 Å². The molecule has 0 aromatic heterocycles. The van der Waals surface area contributed by atoms with Gasteiger partial charge in [-0.1, -0.05) is 31.4 Å². The Morgan fingerprint density at radius 2 is 1.83 bits per heavy atom. The van der Waals surface area contributed by atoms with Crippen molar-refractivity contribution in [2.45, 2.75) is 52.0 Å². The van der Waals surface area contributed by atoms with Crippen LogP contribution in [-0.4, -0.2) is 35.2 Å². The second kappa shape index (κ2) is 9.04. The summed E-state index contributed by atoms with van der Waals surface area (Å²) in [7, 11) is 0. The lowest BCUT2D eigenvalue weighted by atomic mass is 9.94. The standard InChI is InChI=1S/C24H28N2O3S/c1-3-28-18-12-10-16-11-13-22(29-4-2)20(19(16)14-18)15-21-23(27)26(24(30)25-21)17-8-6-5-7-9-17/h10-15,17H,3-9H2,1-2H3,(H,25,30)/b21-15-. The third kappa shape index (κ3) is 4.01. The van der Waals surface area contributed by atoms with Gasteiger partial charge in [0, 0.05) is 11.6 Å². The summed E-state index contributed by atoms with van der Waals surface area (Å²) in [6.07, 6.45) is 7.42. The van der Waals surface area contributed by atoms with Crippen LogP contribution in [0.4, 0.5) is 0 Å². The van der Waals surface area contributed by atoms with Gasteiger partial charge in [-0.2, -0.15) is 0 Å². The van der Waals surface area contributed by atoms with Crippen molar-refractivity contribution in [3.05, 3.63) is 41.6 Å². The van der Waals surface area contributed by atoms with Crippen molar-refractivity contribution in [3.8, 4) is 11.5 Å². The first-order chi connectivity index (χ1) is 14.6. The predicted molar refractivity (Wildman–Crippen MR) is 124 cm³/mol. The first-order valence-electron chi connectivity index (χ1n) is 10.8. The van der Waals surface area contributed by atoms with Crippen molar-refractivity contribution in [2.75, 3.05) is 13.2 Å². The average molecular weight is 425 g/mol. The van der Waals surface area contributed by atoms with Gasteiger partial charge < -0.3 is 14.8 Å². The molecular weight excluding hydrogens is 396 g/mol. The summed E-state index contributed by atoms with van der Waals surface area (Å²) in [5.41, 5.74) is 1.36. The van der Waals surface area contributed by atoms with E-state index in [1.807, 2.05) is 50.3 Å². The molecule has 1 N–H and O–H groups in total. The number of amides is 1. The molecule has 4 rings (SSSR count). The molecule has 0 radical (unpaired) electrons. The van der Waals surface area contributed by atoms with Gasteiger partial charge >= 0.3 is 0 Å². The quantitative estimate of drug-likeness (QED) is 0.521. The maximum absolute atomic E-state index is 13.2. The zero-order valence-electron chi connectivity index (χ0n) is 17.6. The Morgan fingerprint density at radius 1 is 1.10 bits per heavy atom. The number of rotatable bonds is 6. The number of hydrogen-bond acceptors (Lipinski definition) is 4. The molecule has 2 fully saturated rings. The molecule has 0 unspecified atom stereocenters. The molecule has 1 saturated heterocycles. The molecule has 30 heavy (non-hydrogen) atoms. The lowest BCUT2D eigenvalue weighted by Crippen LogP contribution is -2.41. The molecule has 2 aromatic carbocycles. The van der Waals surface area contributed by atoms with E-state index in [1.165, 1.54) is 6.42 Å². The Labute approximate surface area is 183 Å². The summed E-state index contributed by atoms with van der Waals surface area (Å²) in [5, 5.41) is 5.70. The highest BCUT2D eigenvalue weighted by atomic mass is 32.1. The summed E-state index contributed by atoms with van der Waals surface area (Å²) < 4.78 is 11.6. The third-order valence-electron chi connectivity index (χ3n) is 5.74. The predicted octanol–water partition coefficient (Wildman–Crippen LogP) is 5.03. The summed E-state index contributed by atoms with van der Waals surface area (Å²) in [6, 6.07) is 10.2. The van der Waals surface area contributed by atoms with Crippen molar-refractivity contribution >= 4 is 40.1 Å². The fraction of sp³-hybridized carbons (Fsp3) is 0.417. The third-order valence-corrected chi connectivity index (χ3v) is 6.04. The SMILES string of the molecule is CCOc1ccc2ccc(OCC)c(/C=C3\NC(=S)N(C4CCCCC4)C3=O)c2c1. The highest BCUT2D eigenvalue weighted by molar-refractivity contribution is 7.80. The molecule has 0 atom stereocenters. The largest absolute Gasteiger partial charge is 0.494 e. The summed E-state index contributed by atoms with van der Waals surface area (Å²) >= 11 is 5.53. The highest BCUT2D eigenvalue weighted by Gasteiger charge is 2.36. The van der Waals surface area contributed by atoms with Crippen LogP contribution < -0.4 is 14.8 Å². The van der Waals surface area contributed by atoms with Crippen molar-refractivity contribution in [2.24, 2.45) is 0 Å². The van der Waals surface area contributed by atoms with Gasteiger partial charge in [0.15, 0.2) is 5.11 Å². The fourth-order valence-corrected chi connectivity index (χ4v) is 4.69. The normalized spacial score (nSPS) is 18.9. The van der Waals surface area contributed by atoms with E-state index in [2.05, 4.69) is 5.32 Å². The number of carbonyl (C=O) groups excluding carboxylic acids is 1. The van der Waals surface area contributed by atoms with Crippen LogP contribution in [-0.2, 0) is 4.79 Å². The van der Waals surface area contributed by atoms with Crippen molar-refractivity contribution < 1.29 is 14.3 Å². The minimum atomic E-state index is -0.0488. The van der Waals surface area contributed by atoms with Crippen LogP contribution in [0.3, 0.4) is 0 Å². The number of thiocarbonyl (C=S) groups is 1. The van der Waals surface area contributed by atoms with E-state index >= 15 is 0 Å². The van der Waals surface area contributed by atoms with Crippen LogP contribution >= 0.6 is 12.2 Å². The molecule has 1 aliphatic heterocycles. The number of hydrogen-bond donors (Lipinski definition) is 1. The second-order valence-corrected chi connectivity index (χ2v) is 8.07.